The van der Waals surface area contributed by atoms with Gasteiger partial charge in [-0.15, -0.1) is 0 Å². The fourth-order valence-corrected chi connectivity index (χ4v) is 0.772. The van der Waals surface area contributed by atoms with Crippen molar-refractivity contribution in [2.24, 2.45) is 0 Å². The number of hydrogen-bond acceptors (Lipinski definition) is 1. The molecule has 0 aliphatic carbocycles. The van der Waals surface area contributed by atoms with E-state index in [4.69, 9.17) is 0 Å². The smallest absolute Gasteiger partial charge is 0.275 e. The first-order chi connectivity index (χ1) is 4.52. The molecule has 1 rings (SSSR count). The van der Waals surface area contributed by atoms with Gasteiger partial charge < -0.3 is 0 Å². The molecular formula is C6H8F2N2. The second kappa shape index (κ2) is 2.04. The van der Waals surface area contributed by atoms with Crippen LogP contribution in [0, 0.1) is 6.92 Å². The van der Waals surface area contributed by atoms with Gasteiger partial charge in [0.15, 0.2) is 0 Å². The summed E-state index contributed by atoms with van der Waals surface area (Å²) in [5.41, 5.74) is 0.465. The highest BCUT2D eigenvalue weighted by Crippen LogP contribution is 2.20. The zero-order valence-electron chi connectivity index (χ0n) is 5.81. The van der Waals surface area contributed by atoms with Crippen molar-refractivity contribution in [2.75, 3.05) is 0 Å². The van der Waals surface area contributed by atoms with Gasteiger partial charge in [-0.2, -0.15) is 8.78 Å². The maximum absolute atomic E-state index is 12.5. The Hall–Kier alpha value is -0.930. The molecule has 2 nitrogen and oxygen atoms in total. The number of aryl methyl sites for hydroxylation is 1. The fraction of sp³-hybridized carbons (Fsp3) is 0.500. The molecule has 1 heterocycles. The molecule has 0 spiro atoms. The topological polar surface area (TPSA) is 17.8 Å². The van der Waals surface area contributed by atoms with Crippen LogP contribution in [-0.2, 0) is 6.05 Å². The van der Waals surface area contributed by atoms with Gasteiger partial charge in [0.05, 0.1) is 6.33 Å². The Kier molecular flexibility index (Phi) is 1.46. The van der Waals surface area contributed by atoms with Crippen LogP contribution < -0.4 is 0 Å². The molecule has 0 aromatic carbocycles. The molecular weight excluding hydrogens is 138 g/mol. The molecule has 0 radical (unpaired) electrons. The summed E-state index contributed by atoms with van der Waals surface area (Å²) in [4.78, 5) is 3.57. The van der Waals surface area contributed by atoms with Crippen molar-refractivity contribution in [3.8, 4) is 0 Å². The van der Waals surface area contributed by atoms with Gasteiger partial charge in [-0.3, -0.25) is 4.57 Å². The normalized spacial score (nSPS) is 12.0. The average Bonchev–Trinajstić information content (AvgIpc) is 2.11. The number of hydrogen-bond donors (Lipinski definition) is 0. The minimum absolute atomic E-state index is 0.465. The highest BCUT2D eigenvalue weighted by atomic mass is 19.3. The molecule has 0 aliphatic rings. The Balaban J connectivity index is 3.05. The third-order valence-corrected chi connectivity index (χ3v) is 1.25. The van der Waals surface area contributed by atoms with Crippen molar-refractivity contribution < 1.29 is 8.78 Å². The fourth-order valence-electron chi connectivity index (χ4n) is 0.772. The molecule has 0 amide bonds. The Bertz CT molecular complexity index is 224. The first-order valence-electron chi connectivity index (χ1n) is 2.89. The van der Waals surface area contributed by atoms with E-state index in [9.17, 15) is 8.78 Å². The van der Waals surface area contributed by atoms with E-state index in [1.165, 1.54) is 6.20 Å². The van der Waals surface area contributed by atoms with Gasteiger partial charge in [0.2, 0.25) is 0 Å². The number of alkyl halides is 2. The first kappa shape index (κ1) is 7.18. The maximum Gasteiger partial charge on any atom is 0.327 e. The highest BCUT2D eigenvalue weighted by Gasteiger charge is 2.24. The third kappa shape index (κ3) is 1.15. The van der Waals surface area contributed by atoms with Crippen molar-refractivity contribution in [1.29, 1.82) is 0 Å². The number of nitrogens with zero attached hydrogens (tertiary/aromatic N) is 2. The Morgan fingerprint density at radius 3 is 2.40 bits per heavy atom. The lowest BCUT2D eigenvalue weighted by atomic mass is 10.5. The van der Waals surface area contributed by atoms with Gasteiger partial charge in [0.25, 0.3) is 0 Å². The van der Waals surface area contributed by atoms with Crippen LogP contribution in [-0.4, -0.2) is 9.55 Å². The van der Waals surface area contributed by atoms with Crippen LogP contribution in [0.4, 0.5) is 8.78 Å². The number of halogens is 2. The van der Waals surface area contributed by atoms with E-state index >= 15 is 0 Å². The van der Waals surface area contributed by atoms with E-state index < -0.39 is 6.05 Å². The summed E-state index contributed by atoms with van der Waals surface area (Å²) in [6, 6.07) is -2.83. The molecule has 0 atom stereocenters. The zero-order chi connectivity index (χ0) is 7.78. The lowest BCUT2D eigenvalue weighted by molar-refractivity contribution is -0.0626. The summed E-state index contributed by atoms with van der Waals surface area (Å²) in [7, 11) is 0. The SMILES string of the molecule is Cc1cncn1C(C)(F)F. The predicted molar refractivity (Wildman–Crippen MR) is 32.8 cm³/mol. The van der Waals surface area contributed by atoms with Gasteiger partial charge >= 0.3 is 6.05 Å². The molecule has 1 aromatic rings. The van der Waals surface area contributed by atoms with Crippen LogP contribution in [0.1, 0.15) is 12.6 Å². The van der Waals surface area contributed by atoms with Crippen LogP contribution >= 0.6 is 0 Å². The maximum atomic E-state index is 12.5. The summed E-state index contributed by atoms with van der Waals surface area (Å²) in [5, 5.41) is 0. The van der Waals surface area contributed by atoms with E-state index in [0.717, 1.165) is 17.8 Å². The average molecular weight is 146 g/mol. The molecule has 10 heavy (non-hydrogen) atoms. The van der Waals surface area contributed by atoms with Crippen LogP contribution in [0.3, 0.4) is 0 Å². The standard InChI is InChI=1S/C6H8F2N2/c1-5-3-9-4-10(5)6(2,7)8/h3-4H,1-2H3. The molecule has 4 heteroatoms. The second-order valence-electron chi connectivity index (χ2n) is 2.25. The number of aromatic nitrogens is 2. The molecule has 0 aliphatic heterocycles. The summed E-state index contributed by atoms with van der Waals surface area (Å²) in [5.74, 6) is 0. The van der Waals surface area contributed by atoms with Crippen molar-refractivity contribution in [3.05, 3.63) is 18.2 Å². The largest absolute Gasteiger partial charge is 0.327 e. The van der Waals surface area contributed by atoms with Gasteiger partial charge in [-0.25, -0.2) is 4.98 Å². The number of imidazole rings is 1. The van der Waals surface area contributed by atoms with Gasteiger partial charge in [0, 0.05) is 18.8 Å². The molecule has 0 saturated carbocycles. The Labute approximate surface area is 57.5 Å². The zero-order valence-corrected chi connectivity index (χ0v) is 5.81. The van der Waals surface area contributed by atoms with Crippen molar-refractivity contribution in [2.45, 2.75) is 19.9 Å². The number of rotatable bonds is 1. The van der Waals surface area contributed by atoms with Crippen LogP contribution in [0.5, 0.6) is 0 Å². The van der Waals surface area contributed by atoms with Crippen LogP contribution in [0.15, 0.2) is 12.5 Å². The summed E-state index contributed by atoms with van der Waals surface area (Å²) in [6.45, 7) is 2.42. The quantitative estimate of drug-likeness (QED) is 0.590. The molecule has 0 N–H and O–H groups in total. The molecule has 0 fully saturated rings. The molecule has 0 unspecified atom stereocenters. The van der Waals surface area contributed by atoms with Crippen molar-refractivity contribution >= 4 is 0 Å². The highest BCUT2D eigenvalue weighted by molar-refractivity contribution is 4.95. The van der Waals surface area contributed by atoms with Crippen molar-refractivity contribution in [3.63, 3.8) is 0 Å². The first-order valence-corrected chi connectivity index (χ1v) is 2.89. The van der Waals surface area contributed by atoms with Gasteiger partial charge in [-0.1, -0.05) is 0 Å². The third-order valence-electron chi connectivity index (χ3n) is 1.25. The van der Waals surface area contributed by atoms with Crippen molar-refractivity contribution in [1.82, 2.24) is 9.55 Å². The summed E-state index contributed by atoms with van der Waals surface area (Å²) >= 11 is 0. The van der Waals surface area contributed by atoms with Gasteiger partial charge in [-0.05, 0) is 6.92 Å². The van der Waals surface area contributed by atoms with Gasteiger partial charge in [0.1, 0.15) is 0 Å². The van der Waals surface area contributed by atoms with E-state index in [0.29, 0.717) is 5.69 Å². The lowest BCUT2D eigenvalue weighted by Gasteiger charge is -2.12. The minimum Gasteiger partial charge on any atom is -0.275 e. The molecule has 0 saturated heterocycles. The van der Waals surface area contributed by atoms with E-state index in [1.807, 2.05) is 0 Å². The van der Waals surface area contributed by atoms with E-state index in [1.54, 1.807) is 6.92 Å². The predicted octanol–water partition coefficient (Wildman–Crippen LogP) is 1.76. The monoisotopic (exact) mass is 146 g/mol. The Morgan fingerprint density at radius 1 is 1.60 bits per heavy atom. The molecule has 0 bridgehead atoms. The minimum atomic E-state index is -2.83. The summed E-state index contributed by atoms with van der Waals surface area (Å²) in [6.07, 6.45) is 2.52. The second-order valence-corrected chi connectivity index (χ2v) is 2.25. The Morgan fingerprint density at radius 2 is 2.20 bits per heavy atom. The van der Waals surface area contributed by atoms with Crippen LogP contribution in [0.25, 0.3) is 0 Å². The molecule has 1 aromatic heterocycles. The van der Waals surface area contributed by atoms with Crippen LogP contribution in [0.2, 0.25) is 0 Å². The molecule has 56 valence electrons. The lowest BCUT2D eigenvalue weighted by Crippen LogP contribution is -2.18. The summed E-state index contributed by atoms with van der Waals surface area (Å²) < 4.78 is 25.8. The van der Waals surface area contributed by atoms with E-state index in [-0.39, 0.29) is 0 Å². The van der Waals surface area contributed by atoms with E-state index in [2.05, 4.69) is 4.98 Å².